The number of carboxylic acid groups (broad SMARTS) is 1. The van der Waals surface area contributed by atoms with E-state index >= 15 is 0 Å². The number of anilines is 1. The van der Waals surface area contributed by atoms with E-state index in [-0.39, 0.29) is 23.9 Å². The first-order valence-electron chi connectivity index (χ1n) is 9.51. The van der Waals surface area contributed by atoms with Crippen molar-refractivity contribution in [3.63, 3.8) is 0 Å². The number of rotatable bonds is 6. The fourth-order valence-electron chi connectivity index (χ4n) is 3.79. The first kappa shape index (κ1) is 18.7. The number of amides is 1. The summed E-state index contributed by atoms with van der Waals surface area (Å²) < 4.78 is 6.96. The van der Waals surface area contributed by atoms with Gasteiger partial charge in [0.05, 0.1) is 6.20 Å². The molecule has 0 radical (unpaired) electrons. The van der Waals surface area contributed by atoms with Crippen molar-refractivity contribution in [1.29, 1.82) is 0 Å². The molecule has 0 fully saturated rings. The Labute approximate surface area is 167 Å². The number of hydrogen-bond donors (Lipinski definition) is 2. The second-order valence-electron chi connectivity index (χ2n) is 6.89. The molecule has 29 heavy (non-hydrogen) atoms. The van der Waals surface area contributed by atoms with Crippen molar-refractivity contribution >= 4 is 17.9 Å². The fourth-order valence-corrected chi connectivity index (χ4v) is 3.79. The summed E-state index contributed by atoms with van der Waals surface area (Å²) in [5.74, 6) is -1.08. The predicted molar refractivity (Wildman–Crippen MR) is 108 cm³/mol. The molecular weight excluding hydrogens is 370 g/mol. The van der Waals surface area contributed by atoms with Crippen LogP contribution in [0.25, 0.3) is 11.1 Å². The van der Waals surface area contributed by atoms with E-state index in [1.807, 2.05) is 43.3 Å². The number of aryl methyl sites for hydroxylation is 1. The largest absolute Gasteiger partial charge is 0.477 e. The topological polar surface area (TPSA) is 93.5 Å². The minimum absolute atomic E-state index is 0.0624. The van der Waals surface area contributed by atoms with Crippen LogP contribution in [0.15, 0.2) is 54.7 Å². The maximum absolute atomic E-state index is 12.5. The molecular formula is C22H21N3O4. The lowest BCUT2D eigenvalue weighted by molar-refractivity contribution is 0.0698. The Hall–Kier alpha value is -3.61. The Balaban J connectivity index is 1.51. The van der Waals surface area contributed by atoms with Crippen LogP contribution in [-0.2, 0) is 11.3 Å². The van der Waals surface area contributed by atoms with Crippen LogP contribution in [0, 0.1) is 0 Å². The number of aromatic nitrogens is 2. The van der Waals surface area contributed by atoms with Crippen LogP contribution in [0.4, 0.5) is 10.6 Å². The van der Waals surface area contributed by atoms with E-state index in [0.717, 1.165) is 28.7 Å². The van der Waals surface area contributed by atoms with Crippen LogP contribution in [0.1, 0.15) is 40.7 Å². The number of aromatic carboxylic acids is 1. The Morgan fingerprint density at radius 2 is 1.72 bits per heavy atom. The minimum atomic E-state index is -1.15. The van der Waals surface area contributed by atoms with E-state index in [1.54, 1.807) is 0 Å². The Bertz CT molecular complexity index is 1030. The van der Waals surface area contributed by atoms with Gasteiger partial charge in [0.1, 0.15) is 18.0 Å². The number of ether oxygens (including phenoxy) is 1. The molecule has 2 aromatic carbocycles. The second kappa shape index (κ2) is 7.79. The van der Waals surface area contributed by atoms with Gasteiger partial charge in [-0.2, -0.15) is 5.10 Å². The summed E-state index contributed by atoms with van der Waals surface area (Å²) in [6.45, 7) is 2.59. The smallest absolute Gasteiger partial charge is 0.412 e. The van der Waals surface area contributed by atoms with E-state index in [0.29, 0.717) is 6.54 Å². The van der Waals surface area contributed by atoms with Crippen LogP contribution >= 0.6 is 0 Å². The van der Waals surface area contributed by atoms with Crippen LogP contribution in [0.5, 0.6) is 0 Å². The molecule has 0 aliphatic heterocycles. The molecule has 0 bridgehead atoms. The highest BCUT2D eigenvalue weighted by molar-refractivity contribution is 5.97. The molecule has 3 aromatic rings. The summed E-state index contributed by atoms with van der Waals surface area (Å²) in [7, 11) is 0. The molecule has 0 unspecified atom stereocenters. The van der Waals surface area contributed by atoms with Crippen molar-refractivity contribution in [2.75, 3.05) is 11.9 Å². The number of benzene rings is 2. The third-order valence-electron chi connectivity index (χ3n) is 5.07. The highest BCUT2D eigenvalue weighted by atomic mass is 16.5. The molecule has 1 aromatic heterocycles. The van der Waals surface area contributed by atoms with Crippen molar-refractivity contribution in [2.24, 2.45) is 0 Å². The van der Waals surface area contributed by atoms with Gasteiger partial charge in [0.2, 0.25) is 0 Å². The van der Waals surface area contributed by atoms with E-state index in [4.69, 9.17) is 4.74 Å². The molecule has 1 heterocycles. The van der Waals surface area contributed by atoms with Crippen LogP contribution < -0.4 is 5.32 Å². The number of carbonyl (C=O) groups excluding carboxylic acids is 1. The van der Waals surface area contributed by atoms with E-state index < -0.39 is 12.1 Å². The summed E-state index contributed by atoms with van der Waals surface area (Å²) in [6, 6.07) is 16.1. The first-order valence-corrected chi connectivity index (χ1v) is 9.51. The number of carbonyl (C=O) groups is 2. The number of hydrogen-bond acceptors (Lipinski definition) is 4. The molecule has 2 N–H and O–H groups in total. The lowest BCUT2D eigenvalue weighted by Crippen LogP contribution is -2.21. The Morgan fingerprint density at radius 3 is 2.31 bits per heavy atom. The Kier molecular flexibility index (Phi) is 5.03. The molecule has 1 aliphatic carbocycles. The van der Waals surface area contributed by atoms with Gasteiger partial charge in [-0.25, -0.2) is 14.3 Å². The van der Waals surface area contributed by atoms with Crippen molar-refractivity contribution < 1.29 is 19.4 Å². The number of carboxylic acids is 1. The second-order valence-corrected chi connectivity index (χ2v) is 6.89. The molecule has 0 saturated carbocycles. The quantitative estimate of drug-likeness (QED) is 0.651. The average Bonchev–Trinajstić information content (AvgIpc) is 3.26. The molecule has 0 spiro atoms. The van der Waals surface area contributed by atoms with Gasteiger partial charge in [0.25, 0.3) is 0 Å². The third-order valence-corrected chi connectivity index (χ3v) is 5.07. The zero-order chi connectivity index (χ0) is 20.4. The van der Waals surface area contributed by atoms with E-state index in [9.17, 15) is 14.7 Å². The van der Waals surface area contributed by atoms with Crippen molar-refractivity contribution in [3.8, 4) is 11.1 Å². The minimum Gasteiger partial charge on any atom is -0.477 e. The summed E-state index contributed by atoms with van der Waals surface area (Å²) in [5.41, 5.74) is 4.46. The molecule has 7 heteroatoms. The van der Waals surface area contributed by atoms with Gasteiger partial charge in [-0.1, -0.05) is 55.5 Å². The normalized spacial score (nSPS) is 12.3. The standard InChI is InChI=1S/C22H21N3O4/c1-2-11-25-20(18(12-23-25)21(26)27)24-22(28)29-13-19-16-9-5-3-7-14(16)15-8-4-6-10-17(15)19/h3-10,12,19H,2,11,13H2,1H3,(H,24,28)(H,26,27). The van der Waals surface area contributed by atoms with Crippen LogP contribution in [0.2, 0.25) is 0 Å². The van der Waals surface area contributed by atoms with Gasteiger partial charge in [0.15, 0.2) is 0 Å². The zero-order valence-electron chi connectivity index (χ0n) is 16.0. The lowest BCUT2D eigenvalue weighted by atomic mass is 9.98. The number of fused-ring (bicyclic) bond motifs is 3. The fraction of sp³-hybridized carbons (Fsp3) is 0.227. The van der Waals surface area contributed by atoms with Gasteiger partial charge in [-0.3, -0.25) is 5.32 Å². The summed E-state index contributed by atoms with van der Waals surface area (Å²) in [6.07, 6.45) is 1.28. The van der Waals surface area contributed by atoms with Gasteiger partial charge in [-0.05, 0) is 28.7 Å². The zero-order valence-corrected chi connectivity index (χ0v) is 16.0. The van der Waals surface area contributed by atoms with Crippen molar-refractivity contribution in [1.82, 2.24) is 9.78 Å². The van der Waals surface area contributed by atoms with Crippen LogP contribution in [0.3, 0.4) is 0 Å². The monoisotopic (exact) mass is 391 g/mol. The average molecular weight is 391 g/mol. The van der Waals surface area contributed by atoms with Crippen molar-refractivity contribution in [2.45, 2.75) is 25.8 Å². The molecule has 0 atom stereocenters. The maximum Gasteiger partial charge on any atom is 0.412 e. The highest BCUT2D eigenvalue weighted by Gasteiger charge is 2.29. The molecule has 1 aliphatic rings. The summed E-state index contributed by atoms with van der Waals surface area (Å²) in [4.78, 5) is 23.9. The summed E-state index contributed by atoms with van der Waals surface area (Å²) in [5, 5.41) is 15.9. The SMILES string of the molecule is CCCn1ncc(C(=O)O)c1NC(=O)OCC1c2ccccc2-c2ccccc21. The molecule has 4 rings (SSSR count). The van der Waals surface area contributed by atoms with E-state index in [1.165, 1.54) is 10.9 Å². The van der Waals surface area contributed by atoms with Crippen molar-refractivity contribution in [3.05, 3.63) is 71.4 Å². The predicted octanol–water partition coefficient (Wildman–Crippen LogP) is 4.35. The number of nitrogens with zero attached hydrogens (tertiary/aromatic N) is 2. The lowest BCUT2D eigenvalue weighted by Gasteiger charge is -2.15. The van der Waals surface area contributed by atoms with Gasteiger partial charge >= 0.3 is 12.1 Å². The molecule has 7 nitrogen and oxygen atoms in total. The van der Waals surface area contributed by atoms with Gasteiger partial charge < -0.3 is 9.84 Å². The molecule has 0 saturated heterocycles. The van der Waals surface area contributed by atoms with E-state index in [2.05, 4.69) is 22.5 Å². The Morgan fingerprint density at radius 1 is 1.10 bits per heavy atom. The van der Waals surface area contributed by atoms with Gasteiger partial charge in [-0.15, -0.1) is 0 Å². The molecule has 148 valence electrons. The first-order chi connectivity index (χ1) is 14.1. The highest BCUT2D eigenvalue weighted by Crippen LogP contribution is 2.44. The van der Waals surface area contributed by atoms with Crippen LogP contribution in [-0.4, -0.2) is 33.6 Å². The summed E-state index contributed by atoms with van der Waals surface area (Å²) >= 11 is 0. The number of nitrogens with one attached hydrogen (secondary N) is 1. The third kappa shape index (κ3) is 3.47. The maximum atomic E-state index is 12.5. The van der Waals surface area contributed by atoms with Gasteiger partial charge in [0, 0.05) is 12.5 Å². The molecule has 1 amide bonds.